The number of sulfonamides is 1. The van der Waals surface area contributed by atoms with Crippen molar-refractivity contribution in [3.8, 4) is 0 Å². The number of nitrogens with zero attached hydrogens (tertiary/aromatic N) is 1. The molecule has 5 nitrogen and oxygen atoms in total. The Labute approximate surface area is 106 Å². The molecule has 1 aliphatic rings. The molecular formula is C10H15ClN2O3S. The van der Waals surface area contributed by atoms with E-state index in [4.69, 9.17) is 16.1 Å². The smallest absolute Gasteiger partial charge is 0.217 e. The van der Waals surface area contributed by atoms with Crippen LogP contribution in [0.25, 0.3) is 0 Å². The Morgan fingerprint density at radius 2 is 2.35 bits per heavy atom. The summed E-state index contributed by atoms with van der Waals surface area (Å²) in [6, 6.07) is 1.46. The maximum absolute atomic E-state index is 11.9. The monoisotopic (exact) mass is 278 g/mol. The first-order valence-electron chi connectivity index (χ1n) is 5.52. The minimum absolute atomic E-state index is 0.108. The number of halogens is 1. The van der Waals surface area contributed by atoms with Crippen LogP contribution in [0.4, 0.5) is 0 Å². The summed E-state index contributed by atoms with van der Waals surface area (Å²) >= 11 is 6.03. The molecule has 1 heterocycles. The number of aryl methyl sites for hydroxylation is 1. The highest BCUT2D eigenvalue weighted by atomic mass is 35.5. The fourth-order valence-electron chi connectivity index (χ4n) is 2.00. The van der Waals surface area contributed by atoms with E-state index in [-0.39, 0.29) is 17.2 Å². The van der Waals surface area contributed by atoms with Gasteiger partial charge in [0.25, 0.3) is 0 Å². The standard InChI is InChI=1S/C10H15ClN2O3S/c1-7-5-8(12-16-7)6-17(14,15)13-10-4-2-3-9(10)11/h5,9-10,13H,2-4,6H2,1H3. The second-order valence-electron chi connectivity index (χ2n) is 4.36. The molecule has 7 heteroatoms. The van der Waals surface area contributed by atoms with Crippen LogP contribution in [0.2, 0.25) is 0 Å². The van der Waals surface area contributed by atoms with Gasteiger partial charge < -0.3 is 4.52 Å². The predicted octanol–water partition coefficient (Wildman–Crippen LogP) is 1.56. The minimum atomic E-state index is -3.39. The topological polar surface area (TPSA) is 72.2 Å². The Bertz CT molecular complexity index is 485. The Balaban J connectivity index is 1.99. The average molecular weight is 279 g/mol. The van der Waals surface area contributed by atoms with Crippen LogP contribution >= 0.6 is 11.6 Å². The first-order chi connectivity index (χ1) is 7.96. The molecule has 1 saturated carbocycles. The van der Waals surface area contributed by atoms with Gasteiger partial charge in [-0.2, -0.15) is 0 Å². The summed E-state index contributed by atoms with van der Waals surface area (Å²) in [5.74, 6) is 0.441. The Morgan fingerprint density at radius 3 is 2.88 bits per heavy atom. The number of hydrogen-bond donors (Lipinski definition) is 1. The summed E-state index contributed by atoms with van der Waals surface area (Å²) in [5, 5.41) is 3.56. The maximum atomic E-state index is 11.9. The molecule has 0 aliphatic heterocycles. The SMILES string of the molecule is Cc1cc(CS(=O)(=O)NC2CCCC2Cl)no1. The van der Waals surface area contributed by atoms with Gasteiger partial charge in [-0.15, -0.1) is 11.6 Å². The number of hydrogen-bond acceptors (Lipinski definition) is 4. The van der Waals surface area contributed by atoms with Crippen LogP contribution in [0.3, 0.4) is 0 Å². The van der Waals surface area contributed by atoms with Crippen molar-refractivity contribution < 1.29 is 12.9 Å². The third-order valence-electron chi connectivity index (χ3n) is 2.78. The molecule has 0 radical (unpaired) electrons. The van der Waals surface area contributed by atoms with Gasteiger partial charge in [0.15, 0.2) is 0 Å². The van der Waals surface area contributed by atoms with Gasteiger partial charge in [-0.05, 0) is 19.8 Å². The molecule has 2 atom stereocenters. The Morgan fingerprint density at radius 1 is 1.59 bits per heavy atom. The van der Waals surface area contributed by atoms with Crippen molar-refractivity contribution in [2.24, 2.45) is 0 Å². The Hall–Kier alpha value is -0.590. The van der Waals surface area contributed by atoms with E-state index >= 15 is 0 Å². The quantitative estimate of drug-likeness (QED) is 0.849. The van der Waals surface area contributed by atoms with E-state index in [2.05, 4.69) is 9.88 Å². The predicted molar refractivity (Wildman–Crippen MR) is 64.3 cm³/mol. The Kier molecular flexibility index (Phi) is 3.75. The van der Waals surface area contributed by atoms with Crippen molar-refractivity contribution in [2.75, 3.05) is 0 Å². The molecule has 1 aliphatic carbocycles. The number of aromatic nitrogens is 1. The van der Waals surface area contributed by atoms with Crippen molar-refractivity contribution >= 4 is 21.6 Å². The van der Waals surface area contributed by atoms with Gasteiger partial charge in [0.1, 0.15) is 17.2 Å². The van der Waals surface area contributed by atoms with Crippen molar-refractivity contribution in [1.82, 2.24) is 9.88 Å². The van der Waals surface area contributed by atoms with Crippen molar-refractivity contribution in [1.29, 1.82) is 0 Å². The van der Waals surface area contributed by atoms with E-state index in [1.165, 1.54) is 0 Å². The molecule has 1 N–H and O–H groups in total. The lowest BCUT2D eigenvalue weighted by Gasteiger charge is -2.15. The van der Waals surface area contributed by atoms with Crippen molar-refractivity contribution in [2.45, 2.75) is 43.4 Å². The summed E-state index contributed by atoms with van der Waals surface area (Å²) in [4.78, 5) is 0. The lowest BCUT2D eigenvalue weighted by atomic mass is 10.3. The van der Waals surface area contributed by atoms with Gasteiger partial charge >= 0.3 is 0 Å². The van der Waals surface area contributed by atoms with E-state index in [0.717, 1.165) is 19.3 Å². The molecule has 0 aromatic carbocycles. The highest BCUT2D eigenvalue weighted by Crippen LogP contribution is 2.24. The van der Waals surface area contributed by atoms with Crippen molar-refractivity contribution in [3.63, 3.8) is 0 Å². The molecule has 1 aromatic heterocycles. The fraction of sp³-hybridized carbons (Fsp3) is 0.700. The van der Waals surface area contributed by atoms with Gasteiger partial charge in [-0.3, -0.25) is 0 Å². The second kappa shape index (κ2) is 4.96. The minimum Gasteiger partial charge on any atom is -0.361 e. The molecule has 0 saturated heterocycles. The van der Waals surface area contributed by atoms with Crippen LogP contribution in [0.15, 0.2) is 10.6 Å². The van der Waals surface area contributed by atoms with E-state index in [0.29, 0.717) is 11.5 Å². The lowest BCUT2D eigenvalue weighted by molar-refractivity contribution is 0.392. The third-order valence-corrected chi connectivity index (χ3v) is 4.64. The summed E-state index contributed by atoms with van der Waals surface area (Å²) < 4.78 is 31.2. The highest BCUT2D eigenvalue weighted by molar-refractivity contribution is 7.88. The largest absolute Gasteiger partial charge is 0.361 e. The van der Waals surface area contributed by atoms with Crippen LogP contribution in [-0.2, 0) is 15.8 Å². The summed E-state index contributed by atoms with van der Waals surface area (Å²) in [6.45, 7) is 1.72. The number of rotatable bonds is 4. The van der Waals surface area contributed by atoms with Crippen molar-refractivity contribution in [3.05, 3.63) is 17.5 Å². The first-order valence-corrected chi connectivity index (χ1v) is 7.61. The van der Waals surface area contributed by atoms with Gasteiger partial charge in [-0.25, -0.2) is 13.1 Å². The van der Waals surface area contributed by atoms with Crippen LogP contribution in [-0.4, -0.2) is 25.0 Å². The van der Waals surface area contributed by atoms with E-state index < -0.39 is 10.0 Å². The van der Waals surface area contributed by atoms with E-state index in [1.54, 1.807) is 13.0 Å². The lowest BCUT2D eigenvalue weighted by Crippen LogP contribution is -2.38. The molecule has 2 rings (SSSR count). The van der Waals surface area contributed by atoms with Gasteiger partial charge in [0, 0.05) is 17.5 Å². The maximum Gasteiger partial charge on any atom is 0.217 e. The van der Waals surface area contributed by atoms with Crippen LogP contribution in [0, 0.1) is 6.92 Å². The van der Waals surface area contributed by atoms with Crippen LogP contribution in [0.1, 0.15) is 30.7 Å². The highest BCUT2D eigenvalue weighted by Gasteiger charge is 2.29. The summed E-state index contributed by atoms with van der Waals surface area (Å²) in [5.41, 5.74) is 0.416. The molecule has 0 spiro atoms. The zero-order chi connectivity index (χ0) is 12.5. The van der Waals surface area contributed by atoms with Crippen LogP contribution in [0.5, 0.6) is 0 Å². The van der Waals surface area contributed by atoms with Gasteiger partial charge in [-0.1, -0.05) is 11.6 Å². The van der Waals surface area contributed by atoms with Gasteiger partial charge in [0.2, 0.25) is 10.0 Å². The molecule has 2 unspecified atom stereocenters. The molecule has 1 fully saturated rings. The van der Waals surface area contributed by atoms with E-state index in [9.17, 15) is 8.42 Å². The number of alkyl halides is 1. The van der Waals surface area contributed by atoms with Crippen LogP contribution < -0.4 is 4.72 Å². The van der Waals surface area contributed by atoms with Gasteiger partial charge in [0.05, 0.1) is 0 Å². The zero-order valence-corrected chi connectivity index (χ0v) is 11.1. The molecule has 96 valence electrons. The molecule has 1 aromatic rings. The molecule has 0 amide bonds. The summed E-state index contributed by atoms with van der Waals surface area (Å²) in [6.07, 6.45) is 2.62. The second-order valence-corrected chi connectivity index (χ2v) is 6.67. The number of nitrogens with one attached hydrogen (secondary N) is 1. The normalized spacial score (nSPS) is 25.3. The third kappa shape index (κ3) is 3.43. The zero-order valence-electron chi connectivity index (χ0n) is 9.52. The fourth-order valence-corrected chi connectivity index (χ4v) is 3.77. The van der Waals surface area contributed by atoms with E-state index in [1.807, 2.05) is 0 Å². The summed E-state index contributed by atoms with van der Waals surface area (Å²) in [7, 11) is -3.39. The first kappa shape index (κ1) is 12.9. The molecule has 0 bridgehead atoms. The molecule has 17 heavy (non-hydrogen) atoms. The average Bonchev–Trinajstić information content (AvgIpc) is 2.76. The molecular weight excluding hydrogens is 264 g/mol.